The number of ketones is 1. The van der Waals surface area contributed by atoms with Crippen molar-refractivity contribution in [2.24, 2.45) is 0 Å². The molecule has 0 amide bonds. The quantitative estimate of drug-likeness (QED) is 0.223. The Balaban J connectivity index is 1.63. The zero-order valence-corrected chi connectivity index (χ0v) is 19.3. The van der Waals surface area contributed by atoms with Gasteiger partial charge in [-0.05, 0) is 60.7 Å². The lowest BCUT2D eigenvalue weighted by atomic mass is 10.0. The molecule has 3 aromatic carbocycles. The van der Waals surface area contributed by atoms with Crippen LogP contribution in [0.15, 0.2) is 77.3 Å². The second-order valence-corrected chi connectivity index (χ2v) is 8.30. The molecule has 0 radical (unpaired) electrons. The van der Waals surface area contributed by atoms with Gasteiger partial charge in [0.15, 0.2) is 12.4 Å². The van der Waals surface area contributed by atoms with E-state index in [-0.39, 0.29) is 18.0 Å². The maximum Gasteiger partial charge on any atom is 0.339 e. The second-order valence-electron chi connectivity index (χ2n) is 6.95. The van der Waals surface area contributed by atoms with E-state index in [4.69, 9.17) is 21.1 Å². The van der Waals surface area contributed by atoms with Crippen LogP contribution in [0, 0.1) is 0 Å². The fourth-order valence-corrected chi connectivity index (χ4v) is 3.64. The van der Waals surface area contributed by atoms with Crippen LogP contribution in [0.25, 0.3) is 22.2 Å². The van der Waals surface area contributed by atoms with Crippen molar-refractivity contribution < 1.29 is 19.1 Å². The molecule has 0 aliphatic carbocycles. The number of hydrogen-bond acceptors (Lipinski definition) is 5. The van der Waals surface area contributed by atoms with Crippen LogP contribution in [0.5, 0.6) is 5.75 Å². The van der Waals surface area contributed by atoms with E-state index in [1.165, 1.54) is 0 Å². The summed E-state index contributed by atoms with van der Waals surface area (Å²) in [7, 11) is 1.55. The zero-order valence-electron chi connectivity index (χ0n) is 17.0. The number of halogens is 2. The summed E-state index contributed by atoms with van der Waals surface area (Å²) in [6.07, 6.45) is 0. The van der Waals surface area contributed by atoms with Gasteiger partial charge in [0.1, 0.15) is 5.75 Å². The number of aromatic nitrogens is 1. The number of fused-ring (bicyclic) bond motifs is 1. The summed E-state index contributed by atoms with van der Waals surface area (Å²) in [5.74, 6) is -0.301. The normalized spacial score (nSPS) is 10.7. The highest BCUT2D eigenvalue weighted by atomic mass is 79.9. The maximum atomic E-state index is 13.0. The third kappa shape index (κ3) is 4.82. The highest BCUT2D eigenvalue weighted by molar-refractivity contribution is 9.10. The molecular weight excluding hydrogens is 494 g/mol. The van der Waals surface area contributed by atoms with E-state index in [1.54, 1.807) is 55.6 Å². The van der Waals surface area contributed by atoms with Crippen LogP contribution in [0.3, 0.4) is 0 Å². The number of carbonyl (C=O) groups is 2. The van der Waals surface area contributed by atoms with Gasteiger partial charge in [0.05, 0.1) is 23.9 Å². The average molecular weight is 511 g/mol. The summed E-state index contributed by atoms with van der Waals surface area (Å²) in [6.45, 7) is -0.386. The standard InChI is InChI=1S/C25H17BrClNO4/c1-31-19-9-4-16(5-10-19)24(29)14-32-25(30)21-13-23(15-2-6-17(26)7-3-15)28-22-11-8-18(27)12-20(21)22/h2-13H,14H2,1H3. The number of esters is 1. The van der Waals surface area contributed by atoms with Gasteiger partial charge in [0.2, 0.25) is 0 Å². The summed E-state index contributed by atoms with van der Waals surface area (Å²) >= 11 is 9.57. The lowest BCUT2D eigenvalue weighted by molar-refractivity contribution is 0.0476. The third-order valence-corrected chi connectivity index (χ3v) is 5.64. The highest BCUT2D eigenvalue weighted by Gasteiger charge is 2.18. The molecule has 0 N–H and O–H groups in total. The number of pyridine rings is 1. The van der Waals surface area contributed by atoms with Crippen LogP contribution >= 0.6 is 27.5 Å². The molecule has 4 aromatic rings. The van der Waals surface area contributed by atoms with Gasteiger partial charge in [-0.3, -0.25) is 4.79 Å². The van der Waals surface area contributed by atoms with Crippen LogP contribution in [0.1, 0.15) is 20.7 Å². The first kappa shape index (κ1) is 22.0. The Morgan fingerprint density at radius 2 is 1.69 bits per heavy atom. The van der Waals surface area contributed by atoms with Gasteiger partial charge in [-0.1, -0.05) is 39.7 Å². The SMILES string of the molecule is COc1ccc(C(=O)COC(=O)c2cc(-c3ccc(Br)cc3)nc3ccc(Cl)cc23)cc1. The van der Waals surface area contributed by atoms with Crippen molar-refractivity contribution in [3.8, 4) is 17.0 Å². The monoisotopic (exact) mass is 509 g/mol. The van der Waals surface area contributed by atoms with Gasteiger partial charge >= 0.3 is 5.97 Å². The number of Topliss-reactive ketones (excluding diaryl/α,β-unsaturated/α-hetero) is 1. The molecule has 1 aromatic heterocycles. The molecule has 0 atom stereocenters. The first-order chi connectivity index (χ1) is 15.4. The van der Waals surface area contributed by atoms with E-state index >= 15 is 0 Å². The van der Waals surface area contributed by atoms with Crippen molar-refractivity contribution in [3.05, 3.63) is 93.4 Å². The Bertz CT molecular complexity index is 1300. The molecule has 0 spiro atoms. The van der Waals surface area contributed by atoms with Crippen molar-refractivity contribution >= 4 is 50.2 Å². The zero-order chi connectivity index (χ0) is 22.7. The molecule has 0 aliphatic rings. The first-order valence-corrected chi connectivity index (χ1v) is 10.8. The van der Waals surface area contributed by atoms with Crippen molar-refractivity contribution in [3.63, 3.8) is 0 Å². The maximum absolute atomic E-state index is 13.0. The molecule has 32 heavy (non-hydrogen) atoms. The summed E-state index contributed by atoms with van der Waals surface area (Å²) in [5, 5.41) is 1.03. The van der Waals surface area contributed by atoms with Crippen LogP contribution in [0.2, 0.25) is 5.02 Å². The van der Waals surface area contributed by atoms with Gasteiger partial charge < -0.3 is 9.47 Å². The Morgan fingerprint density at radius 3 is 2.38 bits per heavy atom. The van der Waals surface area contributed by atoms with E-state index in [2.05, 4.69) is 20.9 Å². The molecule has 5 nitrogen and oxygen atoms in total. The Labute approximate surface area is 198 Å². The fraction of sp³-hybridized carbons (Fsp3) is 0.0800. The van der Waals surface area contributed by atoms with Gasteiger partial charge in [-0.2, -0.15) is 0 Å². The minimum absolute atomic E-state index is 0.290. The number of ether oxygens (including phenoxy) is 2. The molecule has 0 aliphatic heterocycles. The van der Waals surface area contributed by atoms with Crippen LogP contribution in [0.4, 0.5) is 0 Å². The Hall–Kier alpha value is -3.22. The van der Waals surface area contributed by atoms with Gasteiger partial charge in [-0.25, -0.2) is 9.78 Å². The molecule has 1 heterocycles. The molecule has 0 saturated carbocycles. The number of methoxy groups -OCH3 is 1. The minimum atomic E-state index is -0.625. The van der Waals surface area contributed by atoms with E-state index in [9.17, 15) is 9.59 Å². The second kappa shape index (κ2) is 9.51. The Morgan fingerprint density at radius 1 is 0.969 bits per heavy atom. The molecule has 0 saturated heterocycles. The van der Waals surface area contributed by atoms with Crippen LogP contribution < -0.4 is 4.74 Å². The predicted molar refractivity (Wildman–Crippen MR) is 127 cm³/mol. The number of rotatable bonds is 6. The lowest BCUT2D eigenvalue weighted by Gasteiger charge is -2.11. The summed E-state index contributed by atoms with van der Waals surface area (Å²) in [4.78, 5) is 30.1. The third-order valence-electron chi connectivity index (χ3n) is 4.88. The molecule has 160 valence electrons. The number of hydrogen-bond donors (Lipinski definition) is 0. The minimum Gasteiger partial charge on any atom is -0.497 e. The van der Waals surface area contributed by atoms with Crippen LogP contribution in [-0.2, 0) is 4.74 Å². The van der Waals surface area contributed by atoms with Gasteiger partial charge in [-0.15, -0.1) is 0 Å². The van der Waals surface area contributed by atoms with E-state index in [0.29, 0.717) is 32.9 Å². The molecule has 7 heteroatoms. The summed E-state index contributed by atoms with van der Waals surface area (Å²) in [6, 6.07) is 21.0. The number of carbonyl (C=O) groups excluding carboxylic acids is 2. The van der Waals surface area contributed by atoms with Crippen molar-refractivity contribution in [2.45, 2.75) is 0 Å². The van der Waals surface area contributed by atoms with Crippen molar-refractivity contribution in [1.82, 2.24) is 4.98 Å². The van der Waals surface area contributed by atoms with E-state index < -0.39 is 5.97 Å². The predicted octanol–water partition coefficient (Wildman–Crippen LogP) is 6.37. The van der Waals surface area contributed by atoms with Crippen molar-refractivity contribution in [1.29, 1.82) is 0 Å². The summed E-state index contributed by atoms with van der Waals surface area (Å²) in [5.41, 5.74) is 2.77. The van der Waals surface area contributed by atoms with Crippen molar-refractivity contribution in [2.75, 3.05) is 13.7 Å². The largest absolute Gasteiger partial charge is 0.497 e. The number of nitrogens with zero attached hydrogens (tertiary/aromatic N) is 1. The molecule has 0 fully saturated rings. The fourth-order valence-electron chi connectivity index (χ4n) is 3.20. The van der Waals surface area contributed by atoms with Gasteiger partial charge in [0.25, 0.3) is 0 Å². The van der Waals surface area contributed by atoms with Crippen LogP contribution in [-0.4, -0.2) is 30.5 Å². The number of benzene rings is 3. The summed E-state index contributed by atoms with van der Waals surface area (Å²) < 4.78 is 11.4. The topological polar surface area (TPSA) is 65.5 Å². The van der Waals surface area contributed by atoms with E-state index in [0.717, 1.165) is 10.0 Å². The Kier molecular flexibility index (Phi) is 6.53. The molecule has 0 bridgehead atoms. The van der Waals surface area contributed by atoms with Gasteiger partial charge in [0, 0.05) is 26.0 Å². The molecule has 4 rings (SSSR count). The molecule has 0 unspecified atom stereocenters. The lowest BCUT2D eigenvalue weighted by Crippen LogP contribution is -2.15. The average Bonchev–Trinajstić information content (AvgIpc) is 2.82. The highest BCUT2D eigenvalue weighted by Crippen LogP contribution is 2.28. The first-order valence-electron chi connectivity index (χ1n) is 9.65. The smallest absolute Gasteiger partial charge is 0.339 e. The molecular formula is C25H17BrClNO4. The van der Waals surface area contributed by atoms with E-state index in [1.807, 2.05) is 24.3 Å².